The van der Waals surface area contributed by atoms with E-state index in [1.165, 1.54) is 12.3 Å². The Hall–Kier alpha value is -2.60. The summed E-state index contributed by atoms with van der Waals surface area (Å²) in [6, 6.07) is 8.42. The summed E-state index contributed by atoms with van der Waals surface area (Å²) in [5.41, 5.74) is 1.47. The van der Waals surface area contributed by atoms with Crippen LogP contribution in [0.1, 0.15) is 38.1 Å². The molecule has 6 nitrogen and oxygen atoms in total. The van der Waals surface area contributed by atoms with Gasteiger partial charge in [-0.3, -0.25) is 9.59 Å². The Morgan fingerprint density at radius 1 is 1.08 bits per heavy atom. The molecule has 2 rings (SSSR count). The Morgan fingerprint density at radius 3 is 2.31 bits per heavy atom. The lowest BCUT2D eigenvalue weighted by Crippen LogP contribution is -2.18. The van der Waals surface area contributed by atoms with Crippen LogP contribution in [0.3, 0.4) is 0 Å². The normalized spacial score (nSPS) is 10.7. The highest BCUT2D eigenvalue weighted by atomic mass is 35.5. The Kier molecular flexibility index (Phi) is 6.58. The molecule has 138 valence electrons. The molecule has 2 aromatic rings. The Labute approximate surface area is 157 Å². The average molecular weight is 376 g/mol. The molecule has 0 unspecified atom stereocenters. The van der Waals surface area contributed by atoms with Crippen molar-refractivity contribution < 1.29 is 14.3 Å². The van der Waals surface area contributed by atoms with Gasteiger partial charge in [-0.2, -0.15) is 0 Å². The van der Waals surface area contributed by atoms with E-state index in [0.717, 1.165) is 0 Å². The van der Waals surface area contributed by atoms with Crippen molar-refractivity contribution >= 4 is 34.8 Å². The minimum atomic E-state index is -0.358. The number of ether oxygens (including phenoxy) is 1. The predicted molar refractivity (Wildman–Crippen MR) is 103 cm³/mol. The summed E-state index contributed by atoms with van der Waals surface area (Å²) in [4.78, 5) is 28.3. The Morgan fingerprint density at radius 2 is 1.73 bits per heavy atom. The number of carbonyl (C=O) groups is 2. The van der Waals surface area contributed by atoms with Crippen LogP contribution in [0.15, 0.2) is 36.5 Å². The minimum Gasteiger partial charge on any atom is -0.474 e. The summed E-state index contributed by atoms with van der Waals surface area (Å²) >= 11 is 6.12. The topological polar surface area (TPSA) is 80.3 Å². The third kappa shape index (κ3) is 5.46. The van der Waals surface area contributed by atoms with E-state index in [1.807, 2.05) is 27.7 Å². The number of amides is 2. The number of halogens is 1. The first kappa shape index (κ1) is 19.7. The molecule has 1 aromatic heterocycles. The van der Waals surface area contributed by atoms with Crippen LogP contribution in [0.4, 0.5) is 11.4 Å². The van der Waals surface area contributed by atoms with Crippen LogP contribution in [-0.2, 0) is 4.79 Å². The minimum absolute atomic E-state index is 0.0662. The largest absolute Gasteiger partial charge is 0.474 e. The van der Waals surface area contributed by atoms with Crippen molar-refractivity contribution in [2.24, 2.45) is 5.92 Å². The molecule has 0 aliphatic rings. The number of nitrogens with one attached hydrogen (secondary N) is 2. The number of benzene rings is 1. The summed E-state index contributed by atoms with van der Waals surface area (Å²) in [5.74, 6) is -0.294. The van der Waals surface area contributed by atoms with E-state index in [4.69, 9.17) is 16.3 Å². The second kappa shape index (κ2) is 8.67. The number of hydrogen-bond acceptors (Lipinski definition) is 4. The summed E-state index contributed by atoms with van der Waals surface area (Å²) in [6.45, 7) is 7.35. The highest BCUT2D eigenvalue weighted by Gasteiger charge is 2.13. The second-order valence-corrected chi connectivity index (χ2v) is 6.76. The van der Waals surface area contributed by atoms with Crippen molar-refractivity contribution in [3.8, 4) is 5.88 Å². The third-order valence-electron chi connectivity index (χ3n) is 3.33. The highest BCUT2D eigenvalue weighted by Crippen LogP contribution is 2.24. The lowest BCUT2D eigenvalue weighted by Gasteiger charge is -2.12. The molecule has 0 radical (unpaired) electrons. The van der Waals surface area contributed by atoms with E-state index in [9.17, 15) is 9.59 Å². The van der Waals surface area contributed by atoms with E-state index >= 15 is 0 Å². The molecular weight excluding hydrogens is 354 g/mol. The molecule has 0 aliphatic carbocycles. The molecule has 0 saturated heterocycles. The molecule has 1 heterocycles. The Balaban J connectivity index is 2.10. The first-order valence-corrected chi connectivity index (χ1v) is 8.68. The Bertz CT molecular complexity index is 806. The molecular formula is C19H22ClN3O3. The molecule has 0 atom stereocenters. The van der Waals surface area contributed by atoms with Crippen LogP contribution < -0.4 is 15.4 Å². The molecule has 1 aromatic carbocycles. The maximum atomic E-state index is 12.4. The van der Waals surface area contributed by atoms with Crippen molar-refractivity contribution in [2.45, 2.75) is 33.8 Å². The van der Waals surface area contributed by atoms with Crippen LogP contribution in [0.2, 0.25) is 5.02 Å². The van der Waals surface area contributed by atoms with E-state index in [-0.39, 0.29) is 34.7 Å². The van der Waals surface area contributed by atoms with Gasteiger partial charge in [0.15, 0.2) is 0 Å². The monoisotopic (exact) mass is 375 g/mol. The van der Waals surface area contributed by atoms with Gasteiger partial charge in [0.1, 0.15) is 5.02 Å². The number of rotatable bonds is 6. The smallest absolute Gasteiger partial charge is 0.257 e. The maximum absolute atomic E-state index is 12.4. The SMILES string of the molecule is CC(C)Oc1ncc(C(=O)Nc2cccc(NC(=O)C(C)C)c2)cc1Cl. The fraction of sp³-hybridized carbons (Fsp3) is 0.316. The number of hydrogen-bond donors (Lipinski definition) is 2. The van der Waals surface area contributed by atoms with Gasteiger partial charge in [0.25, 0.3) is 5.91 Å². The number of anilines is 2. The van der Waals surface area contributed by atoms with Crippen LogP contribution in [0.25, 0.3) is 0 Å². The van der Waals surface area contributed by atoms with Gasteiger partial charge in [-0.05, 0) is 38.1 Å². The van der Waals surface area contributed by atoms with Gasteiger partial charge in [0.05, 0.1) is 11.7 Å². The van der Waals surface area contributed by atoms with Crippen LogP contribution in [0, 0.1) is 5.92 Å². The van der Waals surface area contributed by atoms with E-state index < -0.39 is 0 Å². The summed E-state index contributed by atoms with van der Waals surface area (Å²) < 4.78 is 5.45. The lowest BCUT2D eigenvalue weighted by atomic mass is 10.2. The molecule has 0 fully saturated rings. The van der Waals surface area contributed by atoms with Crippen LogP contribution in [-0.4, -0.2) is 22.9 Å². The fourth-order valence-corrected chi connectivity index (χ4v) is 2.23. The van der Waals surface area contributed by atoms with Gasteiger partial charge in [0, 0.05) is 23.5 Å². The van der Waals surface area contributed by atoms with Crippen molar-refractivity contribution in [3.63, 3.8) is 0 Å². The van der Waals surface area contributed by atoms with Gasteiger partial charge < -0.3 is 15.4 Å². The zero-order chi connectivity index (χ0) is 19.3. The molecule has 0 aliphatic heterocycles. The first-order chi connectivity index (χ1) is 12.3. The summed E-state index contributed by atoms with van der Waals surface area (Å²) in [7, 11) is 0. The number of nitrogens with zero attached hydrogens (tertiary/aromatic N) is 1. The maximum Gasteiger partial charge on any atom is 0.257 e. The van der Waals surface area contributed by atoms with Crippen LogP contribution in [0.5, 0.6) is 5.88 Å². The molecule has 2 amide bonds. The standard InChI is InChI=1S/C19H22ClN3O3/c1-11(2)17(24)22-14-6-5-7-15(9-14)23-18(25)13-8-16(20)19(21-10-13)26-12(3)4/h5-12H,1-4H3,(H,22,24)(H,23,25). The van der Waals surface area contributed by atoms with Crippen molar-refractivity contribution in [1.82, 2.24) is 4.98 Å². The molecule has 26 heavy (non-hydrogen) atoms. The number of aromatic nitrogens is 1. The zero-order valence-corrected chi connectivity index (χ0v) is 15.9. The van der Waals surface area contributed by atoms with E-state index in [1.54, 1.807) is 24.3 Å². The number of pyridine rings is 1. The first-order valence-electron chi connectivity index (χ1n) is 8.30. The lowest BCUT2D eigenvalue weighted by molar-refractivity contribution is -0.118. The van der Waals surface area contributed by atoms with Crippen molar-refractivity contribution in [3.05, 3.63) is 47.1 Å². The van der Waals surface area contributed by atoms with Gasteiger partial charge in [-0.15, -0.1) is 0 Å². The fourth-order valence-electron chi connectivity index (χ4n) is 2.02. The highest BCUT2D eigenvalue weighted by molar-refractivity contribution is 6.32. The number of carbonyl (C=O) groups excluding carboxylic acids is 2. The van der Waals surface area contributed by atoms with Gasteiger partial charge in [-0.1, -0.05) is 31.5 Å². The van der Waals surface area contributed by atoms with Gasteiger partial charge in [-0.25, -0.2) is 4.98 Å². The van der Waals surface area contributed by atoms with Crippen molar-refractivity contribution in [1.29, 1.82) is 0 Å². The van der Waals surface area contributed by atoms with Crippen LogP contribution >= 0.6 is 11.6 Å². The third-order valence-corrected chi connectivity index (χ3v) is 3.60. The predicted octanol–water partition coefficient (Wildman–Crippen LogP) is 4.37. The van der Waals surface area contributed by atoms with E-state index in [0.29, 0.717) is 16.9 Å². The second-order valence-electron chi connectivity index (χ2n) is 6.36. The average Bonchev–Trinajstić information content (AvgIpc) is 2.56. The molecule has 0 bridgehead atoms. The van der Waals surface area contributed by atoms with Gasteiger partial charge >= 0.3 is 0 Å². The molecule has 0 saturated carbocycles. The molecule has 7 heteroatoms. The van der Waals surface area contributed by atoms with Gasteiger partial charge in [0.2, 0.25) is 11.8 Å². The molecule has 0 spiro atoms. The zero-order valence-electron chi connectivity index (χ0n) is 15.2. The summed E-state index contributed by atoms with van der Waals surface area (Å²) in [6.07, 6.45) is 1.34. The van der Waals surface area contributed by atoms with Crippen molar-refractivity contribution in [2.75, 3.05) is 10.6 Å². The molecule has 2 N–H and O–H groups in total. The quantitative estimate of drug-likeness (QED) is 0.785. The van der Waals surface area contributed by atoms with E-state index in [2.05, 4.69) is 15.6 Å². The summed E-state index contributed by atoms with van der Waals surface area (Å²) in [5, 5.41) is 5.82.